The molecule has 3 rings (SSSR count). The molecule has 0 unspecified atom stereocenters. The quantitative estimate of drug-likeness (QED) is 0.876. The summed E-state index contributed by atoms with van der Waals surface area (Å²) in [5.74, 6) is 1.53. The van der Waals surface area contributed by atoms with E-state index in [1.54, 1.807) is 6.20 Å². The first-order chi connectivity index (χ1) is 8.78. The molecule has 1 saturated carbocycles. The monoisotopic (exact) mass is 246 g/mol. The van der Waals surface area contributed by atoms with E-state index in [0.717, 1.165) is 43.2 Å². The number of rotatable bonds is 5. The maximum Gasteiger partial charge on any atom is 0.262 e. The molecular formula is C13H18N4O. The Morgan fingerprint density at radius 1 is 1.50 bits per heavy atom. The van der Waals surface area contributed by atoms with Gasteiger partial charge in [-0.05, 0) is 25.2 Å². The maximum absolute atomic E-state index is 11.9. The molecule has 0 radical (unpaired) electrons. The van der Waals surface area contributed by atoms with Gasteiger partial charge in [-0.1, -0.05) is 13.3 Å². The fraction of sp³-hybridized carbons (Fsp3) is 0.615. The van der Waals surface area contributed by atoms with Crippen LogP contribution in [0.25, 0.3) is 11.0 Å². The van der Waals surface area contributed by atoms with Crippen molar-refractivity contribution in [2.75, 3.05) is 0 Å². The molecule has 0 atom stereocenters. The zero-order chi connectivity index (χ0) is 12.5. The summed E-state index contributed by atoms with van der Waals surface area (Å²) < 4.78 is 1.85. The van der Waals surface area contributed by atoms with Crippen molar-refractivity contribution in [3.63, 3.8) is 0 Å². The molecule has 2 aromatic rings. The van der Waals surface area contributed by atoms with E-state index >= 15 is 0 Å². The van der Waals surface area contributed by atoms with Gasteiger partial charge in [0.1, 0.15) is 11.2 Å². The van der Waals surface area contributed by atoms with Crippen LogP contribution in [0.3, 0.4) is 0 Å². The average molecular weight is 246 g/mol. The molecule has 1 aliphatic rings. The van der Waals surface area contributed by atoms with Gasteiger partial charge in [-0.15, -0.1) is 0 Å². The van der Waals surface area contributed by atoms with E-state index in [4.69, 9.17) is 0 Å². The molecule has 0 amide bonds. The molecule has 0 spiro atoms. The van der Waals surface area contributed by atoms with E-state index in [9.17, 15) is 4.79 Å². The van der Waals surface area contributed by atoms with Gasteiger partial charge >= 0.3 is 0 Å². The molecule has 0 aromatic carbocycles. The Morgan fingerprint density at radius 2 is 2.33 bits per heavy atom. The number of hydrogen-bond donors (Lipinski definition) is 1. The van der Waals surface area contributed by atoms with Crippen molar-refractivity contribution in [2.45, 2.75) is 45.6 Å². The summed E-state index contributed by atoms with van der Waals surface area (Å²) in [6, 6.07) is 0. The lowest BCUT2D eigenvalue weighted by molar-refractivity contribution is 0.582. The van der Waals surface area contributed by atoms with Crippen molar-refractivity contribution >= 4 is 11.0 Å². The highest BCUT2D eigenvalue weighted by Crippen LogP contribution is 2.31. The van der Waals surface area contributed by atoms with E-state index in [1.807, 2.05) is 4.68 Å². The zero-order valence-electron chi connectivity index (χ0n) is 10.6. The number of hydrogen-bond acceptors (Lipinski definition) is 3. The zero-order valence-corrected chi connectivity index (χ0v) is 10.6. The summed E-state index contributed by atoms with van der Waals surface area (Å²) in [6.07, 6.45) is 7.21. The van der Waals surface area contributed by atoms with Crippen LogP contribution in [0.15, 0.2) is 11.0 Å². The lowest BCUT2D eigenvalue weighted by atomic mass is 10.3. The number of aromatic amines is 1. The van der Waals surface area contributed by atoms with Gasteiger partial charge in [0.2, 0.25) is 0 Å². The minimum absolute atomic E-state index is 0.0570. The van der Waals surface area contributed by atoms with E-state index in [-0.39, 0.29) is 5.56 Å². The van der Waals surface area contributed by atoms with Crippen LogP contribution >= 0.6 is 0 Å². The van der Waals surface area contributed by atoms with Gasteiger partial charge < -0.3 is 4.98 Å². The smallest absolute Gasteiger partial charge is 0.262 e. The van der Waals surface area contributed by atoms with Crippen molar-refractivity contribution in [1.29, 1.82) is 0 Å². The molecule has 0 bridgehead atoms. The van der Waals surface area contributed by atoms with Crippen molar-refractivity contribution < 1.29 is 0 Å². The number of nitrogens with zero attached hydrogens (tertiary/aromatic N) is 3. The number of nitrogens with one attached hydrogen (secondary N) is 1. The number of unbranched alkanes of at least 4 members (excludes halogenated alkanes) is 1. The Hall–Kier alpha value is -1.65. The third-order valence-electron chi connectivity index (χ3n) is 3.46. The molecule has 5 heteroatoms. The van der Waals surface area contributed by atoms with Gasteiger partial charge in [0, 0.05) is 13.0 Å². The first-order valence-electron chi connectivity index (χ1n) is 6.72. The van der Waals surface area contributed by atoms with Crippen LogP contribution in [-0.2, 0) is 13.0 Å². The first-order valence-corrected chi connectivity index (χ1v) is 6.72. The highest BCUT2D eigenvalue weighted by atomic mass is 16.1. The van der Waals surface area contributed by atoms with Crippen molar-refractivity contribution in [2.24, 2.45) is 5.92 Å². The summed E-state index contributed by atoms with van der Waals surface area (Å²) in [7, 11) is 0. The molecule has 1 fully saturated rings. The third kappa shape index (κ3) is 2.17. The summed E-state index contributed by atoms with van der Waals surface area (Å²) in [6.45, 7) is 2.98. The van der Waals surface area contributed by atoms with E-state index in [0.29, 0.717) is 5.39 Å². The molecule has 1 N–H and O–H groups in total. The molecule has 2 heterocycles. The summed E-state index contributed by atoms with van der Waals surface area (Å²) in [5, 5.41) is 4.87. The van der Waals surface area contributed by atoms with E-state index in [2.05, 4.69) is 22.0 Å². The Kier molecular flexibility index (Phi) is 2.89. The van der Waals surface area contributed by atoms with Gasteiger partial charge in [0.25, 0.3) is 5.56 Å². The molecule has 18 heavy (non-hydrogen) atoms. The Bertz CT molecular complexity index is 609. The fourth-order valence-corrected chi connectivity index (χ4v) is 2.17. The Labute approximate surface area is 105 Å². The highest BCUT2D eigenvalue weighted by Gasteiger charge is 2.23. The number of fused-ring (bicyclic) bond motifs is 1. The van der Waals surface area contributed by atoms with Crippen molar-refractivity contribution in [3.8, 4) is 0 Å². The fourth-order valence-electron chi connectivity index (χ4n) is 2.17. The SMILES string of the molecule is CCCCn1ncc2c(=O)[nH]c(CC3CC3)nc21. The standard InChI is InChI=1S/C13H18N4O/c1-2-3-6-17-12-10(8-14-17)13(18)16-11(15-12)7-9-4-5-9/h8-9H,2-7H2,1H3,(H,15,16,18). The predicted octanol–water partition coefficient (Wildman–Crippen LogP) is 1.87. The van der Waals surface area contributed by atoms with Crippen LogP contribution < -0.4 is 5.56 Å². The third-order valence-corrected chi connectivity index (χ3v) is 3.46. The van der Waals surface area contributed by atoms with Crippen molar-refractivity contribution in [3.05, 3.63) is 22.4 Å². The van der Waals surface area contributed by atoms with Gasteiger partial charge in [0.05, 0.1) is 6.20 Å². The van der Waals surface area contributed by atoms with Gasteiger partial charge in [-0.2, -0.15) is 5.10 Å². The minimum Gasteiger partial charge on any atom is -0.310 e. The van der Waals surface area contributed by atoms with Crippen molar-refractivity contribution in [1.82, 2.24) is 19.7 Å². The first kappa shape index (κ1) is 11.4. The normalized spacial score (nSPS) is 15.4. The second kappa shape index (κ2) is 4.55. The van der Waals surface area contributed by atoms with Gasteiger partial charge in [0.15, 0.2) is 5.65 Å². The lowest BCUT2D eigenvalue weighted by Crippen LogP contribution is -2.13. The van der Waals surface area contributed by atoms with E-state index < -0.39 is 0 Å². The van der Waals surface area contributed by atoms with E-state index in [1.165, 1.54) is 12.8 Å². The Balaban J connectivity index is 1.98. The molecular weight excluding hydrogens is 228 g/mol. The molecule has 0 aliphatic heterocycles. The Morgan fingerprint density at radius 3 is 3.06 bits per heavy atom. The second-order valence-corrected chi connectivity index (χ2v) is 5.12. The second-order valence-electron chi connectivity index (χ2n) is 5.12. The van der Waals surface area contributed by atoms with Crippen LogP contribution in [0.1, 0.15) is 38.4 Å². The molecule has 5 nitrogen and oxygen atoms in total. The average Bonchev–Trinajstić information content (AvgIpc) is 3.06. The van der Waals surface area contributed by atoms with Gasteiger partial charge in [-0.25, -0.2) is 9.67 Å². The number of aryl methyl sites for hydroxylation is 1. The molecule has 0 saturated heterocycles. The van der Waals surface area contributed by atoms with Crippen LogP contribution in [0.5, 0.6) is 0 Å². The van der Waals surface area contributed by atoms with Crippen LogP contribution in [0, 0.1) is 5.92 Å². The molecule has 96 valence electrons. The summed E-state index contributed by atoms with van der Waals surface area (Å²) in [5.41, 5.74) is 0.682. The van der Waals surface area contributed by atoms with Crippen LogP contribution in [0.4, 0.5) is 0 Å². The predicted molar refractivity (Wildman–Crippen MR) is 69.5 cm³/mol. The maximum atomic E-state index is 11.9. The highest BCUT2D eigenvalue weighted by molar-refractivity contribution is 5.73. The summed E-state index contributed by atoms with van der Waals surface area (Å²) >= 11 is 0. The number of aromatic nitrogens is 4. The topological polar surface area (TPSA) is 63.6 Å². The molecule has 1 aliphatic carbocycles. The lowest BCUT2D eigenvalue weighted by Gasteiger charge is -2.03. The minimum atomic E-state index is -0.0570. The number of H-pyrrole nitrogens is 1. The largest absolute Gasteiger partial charge is 0.310 e. The molecule has 2 aromatic heterocycles. The van der Waals surface area contributed by atoms with Gasteiger partial charge in [-0.3, -0.25) is 4.79 Å². The van der Waals surface area contributed by atoms with Crippen LogP contribution in [0.2, 0.25) is 0 Å². The van der Waals surface area contributed by atoms with Crippen LogP contribution in [-0.4, -0.2) is 19.7 Å². The summed E-state index contributed by atoms with van der Waals surface area (Å²) in [4.78, 5) is 19.4.